The van der Waals surface area contributed by atoms with Crippen LogP contribution >= 0.6 is 11.3 Å². The lowest BCUT2D eigenvalue weighted by Gasteiger charge is -2.22. The van der Waals surface area contributed by atoms with Crippen molar-refractivity contribution in [2.24, 2.45) is 0 Å². The normalized spacial score (nSPS) is 16.9. The van der Waals surface area contributed by atoms with Crippen molar-refractivity contribution in [3.8, 4) is 10.4 Å². The number of hydrogen-bond acceptors (Lipinski definition) is 2. The van der Waals surface area contributed by atoms with Crippen molar-refractivity contribution in [1.82, 2.24) is 0 Å². The van der Waals surface area contributed by atoms with Crippen LogP contribution in [0.15, 0.2) is 36.4 Å². The van der Waals surface area contributed by atoms with Crippen LogP contribution in [0, 0.1) is 0 Å². The van der Waals surface area contributed by atoms with Gasteiger partial charge < -0.3 is 5.73 Å². The lowest BCUT2D eigenvalue weighted by molar-refractivity contribution is 0.443. The predicted molar refractivity (Wildman–Crippen MR) is 80.0 cm³/mol. The van der Waals surface area contributed by atoms with Crippen LogP contribution < -0.4 is 5.73 Å². The summed E-state index contributed by atoms with van der Waals surface area (Å²) < 4.78 is 0. The third-order valence-corrected chi connectivity index (χ3v) is 4.86. The number of rotatable bonds is 2. The highest BCUT2D eigenvalue weighted by molar-refractivity contribution is 7.19. The summed E-state index contributed by atoms with van der Waals surface area (Å²) in [6, 6.07) is 13.2. The molecule has 1 aliphatic rings. The van der Waals surface area contributed by atoms with Crippen molar-refractivity contribution >= 4 is 16.3 Å². The summed E-state index contributed by atoms with van der Waals surface area (Å²) >= 11 is 1.66. The first-order valence-electron chi connectivity index (χ1n) is 6.78. The van der Waals surface area contributed by atoms with E-state index in [0.29, 0.717) is 0 Å². The van der Waals surface area contributed by atoms with Crippen LogP contribution in [-0.4, -0.2) is 0 Å². The summed E-state index contributed by atoms with van der Waals surface area (Å²) in [7, 11) is 0. The smallest absolute Gasteiger partial charge is 0.0862 e. The molecule has 94 valence electrons. The number of nitrogen functional groups attached to an aromatic ring is 1. The van der Waals surface area contributed by atoms with E-state index >= 15 is 0 Å². The highest BCUT2D eigenvalue weighted by atomic mass is 32.1. The van der Waals surface area contributed by atoms with Crippen molar-refractivity contribution in [2.45, 2.75) is 38.0 Å². The number of benzene rings is 1. The van der Waals surface area contributed by atoms with Crippen molar-refractivity contribution in [2.75, 3.05) is 5.73 Å². The molecule has 0 bridgehead atoms. The predicted octanol–water partition coefficient (Wildman–Crippen LogP) is 5.05. The second-order valence-electron chi connectivity index (χ2n) is 5.16. The van der Waals surface area contributed by atoms with Crippen LogP contribution in [0.4, 0.5) is 5.00 Å². The van der Waals surface area contributed by atoms with E-state index in [2.05, 4.69) is 30.3 Å². The Kier molecular flexibility index (Phi) is 3.37. The average Bonchev–Trinajstić information content (AvgIpc) is 2.87. The van der Waals surface area contributed by atoms with Gasteiger partial charge in [-0.3, -0.25) is 0 Å². The van der Waals surface area contributed by atoms with E-state index in [1.165, 1.54) is 48.1 Å². The minimum absolute atomic E-state index is 0.793. The molecule has 1 aliphatic carbocycles. The Balaban J connectivity index is 1.80. The molecule has 1 nitrogen and oxygen atoms in total. The lowest BCUT2D eigenvalue weighted by Crippen LogP contribution is -2.03. The SMILES string of the molecule is Nc1ccc(-c2ccc(C3CCCCC3)cc2)s1. The molecule has 2 N–H and O–H groups in total. The Bertz CT molecular complexity index is 506. The van der Waals surface area contributed by atoms with Crippen molar-refractivity contribution in [1.29, 1.82) is 0 Å². The van der Waals surface area contributed by atoms with Gasteiger partial charge in [0.25, 0.3) is 0 Å². The number of anilines is 1. The molecule has 0 unspecified atom stereocenters. The average molecular weight is 257 g/mol. The van der Waals surface area contributed by atoms with Crippen molar-refractivity contribution in [3.63, 3.8) is 0 Å². The van der Waals surface area contributed by atoms with Crippen LogP contribution in [0.5, 0.6) is 0 Å². The maximum Gasteiger partial charge on any atom is 0.0862 e. The molecule has 0 radical (unpaired) electrons. The van der Waals surface area contributed by atoms with Gasteiger partial charge in [0.1, 0.15) is 0 Å². The second-order valence-corrected chi connectivity index (χ2v) is 6.27. The highest BCUT2D eigenvalue weighted by Crippen LogP contribution is 2.35. The fourth-order valence-electron chi connectivity index (χ4n) is 2.86. The second kappa shape index (κ2) is 5.15. The van der Waals surface area contributed by atoms with Gasteiger partial charge in [-0.05, 0) is 42.0 Å². The summed E-state index contributed by atoms with van der Waals surface area (Å²) in [5, 5.41) is 0.890. The molecule has 1 aromatic heterocycles. The highest BCUT2D eigenvalue weighted by Gasteiger charge is 2.15. The van der Waals surface area contributed by atoms with Crippen LogP contribution in [0.2, 0.25) is 0 Å². The van der Waals surface area contributed by atoms with Crippen LogP contribution in [-0.2, 0) is 0 Å². The first-order valence-corrected chi connectivity index (χ1v) is 7.60. The molecule has 1 saturated carbocycles. The number of hydrogen-bond donors (Lipinski definition) is 1. The third-order valence-electron chi connectivity index (χ3n) is 3.90. The van der Waals surface area contributed by atoms with E-state index in [9.17, 15) is 0 Å². The van der Waals surface area contributed by atoms with E-state index in [1.54, 1.807) is 11.3 Å². The van der Waals surface area contributed by atoms with Crippen LogP contribution in [0.3, 0.4) is 0 Å². The van der Waals surface area contributed by atoms with Crippen molar-refractivity contribution < 1.29 is 0 Å². The Hall–Kier alpha value is -1.28. The number of thiophene rings is 1. The maximum atomic E-state index is 5.78. The largest absolute Gasteiger partial charge is 0.391 e. The molecule has 0 spiro atoms. The zero-order valence-electron chi connectivity index (χ0n) is 10.6. The number of nitrogens with two attached hydrogens (primary N) is 1. The van der Waals surface area contributed by atoms with Crippen LogP contribution in [0.25, 0.3) is 10.4 Å². The zero-order valence-corrected chi connectivity index (χ0v) is 11.4. The maximum absolute atomic E-state index is 5.78. The summed E-state index contributed by atoms with van der Waals surface area (Å²) in [6.07, 6.45) is 6.95. The van der Waals surface area contributed by atoms with E-state index in [1.807, 2.05) is 6.07 Å². The molecular formula is C16H19NS. The van der Waals surface area contributed by atoms with Gasteiger partial charge in [0.15, 0.2) is 0 Å². The molecule has 18 heavy (non-hydrogen) atoms. The van der Waals surface area contributed by atoms with E-state index in [-0.39, 0.29) is 0 Å². The lowest BCUT2D eigenvalue weighted by atomic mass is 9.84. The quantitative estimate of drug-likeness (QED) is 0.801. The molecule has 0 saturated heterocycles. The van der Waals surface area contributed by atoms with E-state index < -0.39 is 0 Å². The molecule has 1 fully saturated rings. The topological polar surface area (TPSA) is 26.0 Å². The van der Waals surface area contributed by atoms with E-state index in [0.717, 1.165) is 10.9 Å². The minimum atomic E-state index is 0.793. The summed E-state index contributed by atoms with van der Waals surface area (Å²) in [5.74, 6) is 0.793. The Morgan fingerprint density at radius 2 is 1.61 bits per heavy atom. The van der Waals surface area contributed by atoms with Gasteiger partial charge in [-0.2, -0.15) is 0 Å². The fourth-order valence-corrected chi connectivity index (χ4v) is 3.64. The Morgan fingerprint density at radius 1 is 0.889 bits per heavy atom. The van der Waals surface area contributed by atoms with Gasteiger partial charge in [0.05, 0.1) is 5.00 Å². The van der Waals surface area contributed by atoms with Gasteiger partial charge >= 0.3 is 0 Å². The fraction of sp³-hybridized carbons (Fsp3) is 0.375. The standard InChI is InChI=1S/C16H19NS/c17-16-11-10-15(18-16)14-8-6-13(7-9-14)12-4-2-1-3-5-12/h6-12H,1-5,17H2. The molecule has 3 rings (SSSR count). The zero-order chi connectivity index (χ0) is 12.4. The minimum Gasteiger partial charge on any atom is -0.391 e. The van der Waals surface area contributed by atoms with Gasteiger partial charge in [-0.1, -0.05) is 43.5 Å². The van der Waals surface area contributed by atoms with Gasteiger partial charge in [-0.25, -0.2) is 0 Å². The van der Waals surface area contributed by atoms with Gasteiger partial charge in [-0.15, -0.1) is 11.3 Å². The molecule has 0 aliphatic heterocycles. The molecule has 0 atom stereocenters. The molecular weight excluding hydrogens is 238 g/mol. The summed E-state index contributed by atoms with van der Waals surface area (Å²) in [4.78, 5) is 1.27. The van der Waals surface area contributed by atoms with Crippen LogP contribution in [0.1, 0.15) is 43.6 Å². The third kappa shape index (κ3) is 2.44. The summed E-state index contributed by atoms with van der Waals surface area (Å²) in [5.41, 5.74) is 8.59. The molecule has 0 amide bonds. The van der Waals surface area contributed by atoms with E-state index in [4.69, 9.17) is 5.73 Å². The first-order chi connectivity index (χ1) is 8.83. The molecule has 1 heterocycles. The van der Waals surface area contributed by atoms with Gasteiger partial charge in [0.2, 0.25) is 0 Å². The molecule has 2 heteroatoms. The van der Waals surface area contributed by atoms with Gasteiger partial charge in [0, 0.05) is 4.88 Å². The summed E-state index contributed by atoms with van der Waals surface area (Å²) in [6.45, 7) is 0. The Labute approximate surface area is 113 Å². The molecule has 1 aromatic carbocycles. The molecule has 2 aromatic rings. The monoisotopic (exact) mass is 257 g/mol. The first kappa shape index (κ1) is 11.8. The Morgan fingerprint density at radius 3 is 2.22 bits per heavy atom. The van der Waals surface area contributed by atoms with Crippen molar-refractivity contribution in [3.05, 3.63) is 42.0 Å².